The Morgan fingerprint density at radius 1 is 0.444 bits per heavy atom. The average Bonchev–Trinajstić information content (AvgIpc) is 3.54. The molecule has 0 bridgehead atoms. The third-order valence-electron chi connectivity index (χ3n) is 6.41. The first kappa shape index (κ1) is 20.3. The van der Waals surface area contributed by atoms with Crippen molar-refractivity contribution in [2.45, 2.75) is 0 Å². The molecule has 0 amide bonds. The van der Waals surface area contributed by atoms with Gasteiger partial charge in [-0.25, -0.2) is 14.5 Å². The summed E-state index contributed by atoms with van der Waals surface area (Å²) in [5.74, 6) is 1.92. The molecule has 6 nitrogen and oxygen atoms in total. The van der Waals surface area contributed by atoms with E-state index in [9.17, 15) is 0 Å². The first-order valence-corrected chi connectivity index (χ1v) is 11.8. The minimum Gasteiger partial charge on any atom is -0.309 e. The van der Waals surface area contributed by atoms with Gasteiger partial charge < -0.3 is 4.57 Å². The number of nitrogens with zero attached hydrogens (tertiary/aromatic N) is 6. The molecule has 0 spiro atoms. The van der Waals surface area contributed by atoms with Crippen LogP contribution in [0.4, 0.5) is 0 Å². The Bertz CT molecular complexity index is 1760. The van der Waals surface area contributed by atoms with Crippen LogP contribution in [-0.2, 0) is 0 Å². The zero-order valence-electron chi connectivity index (χ0n) is 19.2. The number of para-hydroxylation sites is 2. The zero-order chi connectivity index (χ0) is 23.9. The van der Waals surface area contributed by atoms with Crippen LogP contribution >= 0.6 is 0 Å². The molecule has 0 unspecified atom stereocenters. The van der Waals surface area contributed by atoms with E-state index in [-0.39, 0.29) is 0 Å². The third kappa shape index (κ3) is 3.20. The molecule has 170 valence electrons. The van der Waals surface area contributed by atoms with Gasteiger partial charge in [-0.1, -0.05) is 66.7 Å². The van der Waals surface area contributed by atoms with Crippen LogP contribution in [0.15, 0.2) is 122 Å². The van der Waals surface area contributed by atoms with Crippen molar-refractivity contribution >= 4 is 21.8 Å². The van der Waals surface area contributed by atoms with E-state index in [1.165, 1.54) is 21.8 Å². The van der Waals surface area contributed by atoms with E-state index in [1.54, 1.807) is 18.5 Å². The van der Waals surface area contributed by atoms with E-state index in [2.05, 4.69) is 97.5 Å². The summed E-state index contributed by atoms with van der Waals surface area (Å²) in [6.07, 6.45) is 3.46. The smallest absolute Gasteiger partial charge is 0.237 e. The van der Waals surface area contributed by atoms with Gasteiger partial charge in [0.2, 0.25) is 5.95 Å². The lowest BCUT2D eigenvalue weighted by Crippen LogP contribution is -2.04. The fourth-order valence-electron chi connectivity index (χ4n) is 4.80. The average molecular weight is 465 g/mol. The van der Waals surface area contributed by atoms with Crippen LogP contribution in [0.3, 0.4) is 0 Å². The molecule has 6 heteroatoms. The van der Waals surface area contributed by atoms with Gasteiger partial charge in [-0.05, 0) is 42.5 Å². The van der Waals surface area contributed by atoms with Crippen LogP contribution in [-0.4, -0.2) is 29.3 Å². The second kappa shape index (κ2) is 8.29. The Morgan fingerprint density at radius 3 is 1.58 bits per heavy atom. The SMILES string of the molecule is c1ccc(-c2nnc(-c3ccc(-n4c5ccccc5c5ccccc54)cc3)n2-c2ncccn2)cc1. The summed E-state index contributed by atoms with van der Waals surface area (Å²) in [5.41, 5.74) is 5.33. The Morgan fingerprint density at radius 2 is 0.972 bits per heavy atom. The van der Waals surface area contributed by atoms with Gasteiger partial charge in [0.25, 0.3) is 0 Å². The molecule has 0 atom stereocenters. The molecule has 0 aliphatic carbocycles. The Labute approximate surface area is 207 Å². The minimum absolute atomic E-state index is 0.530. The first-order chi connectivity index (χ1) is 17.9. The lowest BCUT2D eigenvalue weighted by atomic mass is 10.1. The molecule has 0 aliphatic rings. The van der Waals surface area contributed by atoms with Crippen molar-refractivity contribution < 1.29 is 0 Å². The highest BCUT2D eigenvalue weighted by atomic mass is 15.3. The molecule has 0 aliphatic heterocycles. The monoisotopic (exact) mass is 464 g/mol. The molecular formula is C30H20N6. The summed E-state index contributed by atoms with van der Waals surface area (Å²) in [6, 6.07) is 37.2. The predicted molar refractivity (Wildman–Crippen MR) is 142 cm³/mol. The standard InChI is InChI=1S/C30H20N6/c1-2-9-21(10-3-1)28-33-34-29(36(28)30-31-19-8-20-32-30)22-15-17-23(18-16-22)35-26-13-6-4-11-24(26)25-12-5-7-14-27(25)35/h1-20H. The van der Waals surface area contributed by atoms with Crippen LogP contribution in [0, 0.1) is 0 Å². The fraction of sp³-hybridized carbons (Fsp3) is 0. The summed E-state index contributed by atoms with van der Waals surface area (Å²) in [7, 11) is 0. The van der Waals surface area contributed by atoms with Crippen molar-refractivity contribution in [2.24, 2.45) is 0 Å². The molecule has 0 radical (unpaired) electrons. The highest BCUT2D eigenvalue weighted by molar-refractivity contribution is 6.09. The summed E-state index contributed by atoms with van der Waals surface area (Å²) >= 11 is 0. The molecule has 4 aromatic carbocycles. The van der Waals surface area contributed by atoms with E-state index in [0.717, 1.165) is 16.8 Å². The van der Waals surface area contributed by atoms with Crippen LogP contribution in [0.1, 0.15) is 0 Å². The number of hydrogen-bond acceptors (Lipinski definition) is 4. The van der Waals surface area contributed by atoms with Gasteiger partial charge in [0.1, 0.15) is 0 Å². The highest BCUT2D eigenvalue weighted by Crippen LogP contribution is 2.33. The lowest BCUT2D eigenvalue weighted by molar-refractivity contribution is 0.936. The number of aromatic nitrogens is 6. The van der Waals surface area contributed by atoms with E-state index in [1.807, 2.05) is 34.9 Å². The second-order valence-corrected chi connectivity index (χ2v) is 8.51. The predicted octanol–water partition coefficient (Wildman–Crippen LogP) is 6.49. The molecule has 0 saturated heterocycles. The van der Waals surface area contributed by atoms with Crippen molar-refractivity contribution in [3.8, 4) is 34.4 Å². The largest absolute Gasteiger partial charge is 0.309 e. The Hall–Kier alpha value is -5.10. The van der Waals surface area contributed by atoms with Crippen LogP contribution in [0.2, 0.25) is 0 Å². The van der Waals surface area contributed by atoms with E-state index in [0.29, 0.717) is 17.6 Å². The van der Waals surface area contributed by atoms with Crippen molar-refractivity contribution in [1.82, 2.24) is 29.3 Å². The molecule has 0 fully saturated rings. The molecule has 3 heterocycles. The second-order valence-electron chi connectivity index (χ2n) is 8.51. The van der Waals surface area contributed by atoms with Crippen molar-refractivity contribution in [1.29, 1.82) is 0 Å². The summed E-state index contributed by atoms with van der Waals surface area (Å²) in [5, 5.41) is 11.6. The van der Waals surface area contributed by atoms with Gasteiger partial charge >= 0.3 is 0 Å². The molecule has 7 aromatic rings. The number of rotatable bonds is 4. The van der Waals surface area contributed by atoms with Gasteiger partial charge in [-0.3, -0.25) is 0 Å². The summed E-state index contributed by atoms with van der Waals surface area (Å²) in [6.45, 7) is 0. The van der Waals surface area contributed by atoms with E-state index >= 15 is 0 Å². The third-order valence-corrected chi connectivity index (χ3v) is 6.41. The van der Waals surface area contributed by atoms with E-state index in [4.69, 9.17) is 0 Å². The number of fused-ring (bicyclic) bond motifs is 3. The maximum Gasteiger partial charge on any atom is 0.237 e. The molecule has 0 saturated carbocycles. The van der Waals surface area contributed by atoms with Gasteiger partial charge in [0.15, 0.2) is 11.6 Å². The van der Waals surface area contributed by atoms with E-state index < -0.39 is 0 Å². The minimum atomic E-state index is 0.530. The van der Waals surface area contributed by atoms with Crippen molar-refractivity contribution in [2.75, 3.05) is 0 Å². The Balaban J connectivity index is 1.39. The molecule has 3 aromatic heterocycles. The topological polar surface area (TPSA) is 61.4 Å². The maximum absolute atomic E-state index is 4.56. The number of hydrogen-bond donors (Lipinski definition) is 0. The first-order valence-electron chi connectivity index (χ1n) is 11.8. The molecule has 36 heavy (non-hydrogen) atoms. The van der Waals surface area contributed by atoms with Crippen LogP contribution < -0.4 is 0 Å². The van der Waals surface area contributed by atoms with Crippen molar-refractivity contribution in [3.63, 3.8) is 0 Å². The normalized spacial score (nSPS) is 11.3. The maximum atomic E-state index is 4.56. The molecule has 0 N–H and O–H groups in total. The summed E-state index contributed by atoms with van der Waals surface area (Å²) in [4.78, 5) is 8.98. The fourth-order valence-corrected chi connectivity index (χ4v) is 4.80. The van der Waals surface area contributed by atoms with Gasteiger partial charge in [-0.2, -0.15) is 0 Å². The molecular weight excluding hydrogens is 444 g/mol. The van der Waals surface area contributed by atoms with Gasteiger partial charge in [0, 0.05) is 40.0 Å². The highest BCUT2D eigenvalue weighted by Gasteiger charge is 2.19. The van der Waals surface area contributed by atoms with Gasteiger partial charge in [0.05, 0.1) is 11.0 Å². The van der Waals surface area contributed by atoms with Crippen LogP contribution in [0.25, 0.3) is 56.2 Å². The lowest BCUT2D eigenvalue weighted by Gasteiger charge is -2.11. The van der Waals surface area contributed by atoms with Gasteiger partial charge in [-0.15, -0.1) is 10.2 Å². The summed E-state index contributed by atoms with van der Waals surface area (Å²) < 4.78 is 4.21. The quantitative estimate of drug-likeness (QED) is 0.299. The Kier molecular flexibility index (Phi) is 4.67. The van der Waals surface area contributed by atoms with Crippen LogP contribution in [0.5, 0.6) is 0 Å². The zero-order valence-corrected chi connectivity index (χ0v) is 19.2. The van der Waals surface area contributed by atoms with Crippen molar-refractivity contribution in [3.05, 3.63) is 122 Å². The molecule has 7 rings (SSSR count). The number of benzene rings is 4.